The first-order chi connectivity index (χ1) is 26.4. The summed E-state index contributed by atoms with van der Waals surface area (Å²) in [5.74, 6) is -4.30. The Balaban J connectivity index is 5.71. The van der Waals surface area contributed by atoms with Gasteiger partial charge in [0.2, 0.25) is 41.4 Å². The van der Waals surface area contributed by atoms with Crippen molar-refractivity contribution in [2.24, 2.45) is 23.5 Å². The van der Waals surface area contributed by atoms with E-state index < -0.39 is 77.8 Å². The third-order valence-electron chi connectivity index (χ3n) is 9.37. The zero-order valence-corrected chi connectivity index (χ0v) is 37.4. The number of primary amides is 1. The van der Waals surface area contributed by atoms with Gasteiger partial charge in [0, 0.05) is 32.1 Å². The molecule has 0 saturated heterocycles. The number of amides is 7. The number of rotatable bonds is 30. The van der Waals surface area contributed by atoms with E-state index in [-0.39, 0.29) is 62.4 Å². The van der Waals surface area contributed by atoms with Gasteiger partial charge >= 0.3 is 0 Å². The molecular formula is C34H70N11O8P3. The van der Waals surface area contributed by atoms with Gasteiger partial charge in [-0.05, 0) is 57.9 Å². The molecule has 19 nitrogen and oxygen atoms in total. The van der Waals surface area contributed by atoms with Crippen molar-refractivity contribution in [1.29, 1.82) is 0 Å². The number of aliphatic hydroxyl groups excluding tert-OH is 1. The molecule has 0 aliphatic carbocycles. The van der Waals surface area contributed by atoms with Crippen molar-refractivity contribution in [2.45, 2.75) is 122 Å². The summed E-state index contributed by atoms with van der Waals surface area (Å²) in [5.41, 5.74) is 5.49. The van der Waals surface area contributed by atoms with Crippen LogP contribution in [0.4, 0.5) is 0 Å². The van der Waals surface area contributed by atoms with Crippen molar-refractivity contribution >= 4 is 69.5 Å². The van der Waals surface area contributed by atoms with Crippen molar-refractivity contribution in [2.75, 3.05) is 33.2 Å². The van der Waals surface area contributed by atoms with E-state index >= 15 is 0 Å². The first kappa shape index (κ1) is 53.4. The Kier molecular flexibility index (Phi) is 28.2. The highest BCUT2D eigenvalue weighted by Gasteiger charge is 2.33. The average Bonchev–Trinajstić information content (AvgIpc) is 3.15. The van der Waals surface area contributed by atoms with Gasteiger partial charge in [0.05, 0.1) is 12.1 Å². The van der Waals surface area contributed by atoms with Gasteiger partial charge in [-0.3, -0.25) is 33.6 Å². The summed E-state index contributed by atoms with van der Waals surface area (Å²) in [5, 5.41) is 37.9. The number of carbonyl (C=O) groups is 7. The van der Waals surface area contributed by atoms with Gasteiger partial charge in [0.25, 0.3) is 0 Å². The lowest BCUT2D eigenvalue weighted by molar-refractivity contribution is -0.135. The summed E-state index contributed by atoms with van der Waals surface area (Å²) in [6, 6.07) is -6.27. The summed E-state index contributed by atoms with van der Waals surface area (Å²) < 4.78 is 0. The number of aliphatic hydroxyl groups is 1. The van der Waals surface area contributed by atoms with Crippen molar-refractivity contribution in [1.82, 2.24) is 52.5 Å². The summed E-state index contributed by atoms with van der Waals surface area (Å²) in [6.07, 6.45) is 0.393. The third-order valence-corrected chi connectivity index (χ3v) is 10.2. The Bertz CT molecular complexity index is 1250. The molecule has 12 unspecified atom stereocenters. The van der Waals surface area contributed by atoms with E-state index in [2.05, 4.69) is 80.7 Å². The Morgan fingerprint density at radius 1 is 0.571 bits per heavy atom. The molecule has 13 N–H and O–H groups in total. The highest BCUT2D eigenvalue weighted by Crippen LogP contribution is 2.15. The van der Waals surface area contributed by atoms with Crippen LogP contribution < -0.4 is 58.2 Å². The molecule has 0 heterocycles. The van der Waals surface area contributed by atoms with E-state index in [0.717, 1.165) is 6.42 Å². The smallest absolute Gasteiger partial charge is 0.245 e. The Hall–Kier alpha value is -2.62. The van der Waals surface area contributed by atoms with Crippen LogP contribution in [0.2, 0.25) is 0 Å². The fraction of sp³-hybridized carbons (Fsp3) is 0.794. The molecule has 0 aromatic rings. The predicted octanol–water partition coefficient (Wildman–Crippen LogP) is -2.59. The number of nitrogens with one attached hydrogen (secondary N) is 10. The quantitative estimate of drug-likeness (QED) is 0.0332. The Morgan fingerprint density at radius 2 is 0.964 bits per heavy atom. The van der Waals surface area contributed by atoms with Crippen molar-refractivity contribution < 1.29 is 38.7 Å². The molecule has 0 aliphatic rings. The van der Waals surface area contributed by atoms with Crippen LogP contribution >= 0.6 is 28.2 Å². The van der Waals surface area contributed by atoms with Crippen LogP contribution in [0.3, 0.4) is 0 Å². The lowest BCUT2D eigenvalue weighted by Crippen LogP contribution is -2.59. The summed E-state index contributed by atoms with van der Waals surface area (Å²) >= 11 is 0. The Morgan fingerprint density at radius 3 is 1.34 bits per heavy atom. The molecule has 22 heteroatoms. The van der Waals surface area contributed by atoms with Gasteiger partial charge < -0.3 is 63.3 Å². The molecule has 0 rings (SSSR count). The van der Waals surface area contributed by atoms with Crippen LogP contribution in [0.25, 0.3) is 0 Å². The average molecular weight is 854 g/mol. The molecular weight excluding hydrogens is 783 g/mol. The number of hydrogen-bond acceptors (Lipinski definition) is 12. The highest BCUT2D eigenvalue weighted by atomic mass is 31.0. The van der Waals surface area contributed by atoms with Crippen molar-refractivity contribution in [3.63, 3.8) is 0 Å². The minimum absolute atomic E-state index is 0.0592. The van der Waals surface area contributed by atoms with Crippen molar-refractivity contribution in [3.05, 3.63) is 0 Å². The van der Waals surface area contributed by atoms with Crippen molar-refractivity contribution in [3.8, 4) is 0 Å². The van der Waals surface area contributed by atoms with E-state index in [1.54, 1.807) is 6.92 Å². The fourth-order valence-corrected chi connectivity index (χ4v) is 5.95. The standard InChI is InChI=1S/C34H70N11O8P3/c1-8-19(4)20(5)29(48)41-23(10-14-38-54)31(50)43-25(12-16-40-56)33(52)45-27(21(6)46)34(53)37-13-9-22(36-7)30(49)42-24(11-15-39-55)32(51)44-26(28(35)47)17-18(2)3/h18-27,36,38-40,46H,8-17,54-56H2,1-7H3,(H2,35,47)(H,37,53)(H,41,48)(H,42,49)(H,43,50)(H,44,51)(H,45,52). The van der Waals surface area contributed by atoms with Gasteiger partial charge in [-0.25, -0.2) is 0 Å². The summed E-state index contributed by atoms with van der Waals surface area (Å²) in [4.78, 5) is 91.5. The topological polar surface area (TPSA) is 286 Å². The maximum Gasteiger partial charge on any atom is 0.245 e. The second-order valence-corrected chi connectivity index (χ2v) is 15.6. The van der Waals surface area contributed by atoms with Crippen LogP contribution in [0.5, 0.6) is 0 Å². The summed E-state index contributed by atoms with van der Waals surface area (Å²) in [7, 11) is 8.49. The number of hydrogen-bond donors (Lipinski definition) is 12. The normalized spacial score (nSPS) is 16.1. The van der Waals surface area contributed by atoms with Gasteiger partial charge in [-0.1, -0.05) is 69.2 Å². The molecule has 324 valence electrons. The minimum atomic E-state index is -1.42. The molecule has 7 amide bonds. The molecule has 56 heavy (non-hydrogen) atoms. The van der Waals surface area contributed by atoms with Crippen LogP contribution in [0, 0.1) is 17.8 Å². The van der Waals surface area contributed by atoms with E-state index in [1.165, 1.54) is 14.0 Å². The molecule has 0 aliphatic heterocycles. The predicted molar refractivity (Wildman–Crippen MR) is 226 cm³/mol. The van der Waals surface area contributed by atoms with Gasteiger partial charge in [-0.15, -0.1) is 0 Å². The number of likely N-dealkylation sites (N-methyl/N-ethyl adjacent to an activating group) is 1. The van der Waals surface area contributed by atoms with Crippen LogP contribution in [-0.2, 0) is 33.6 Å². The van der Waals surface area contributed by atoms with Crippen LogP contribution in [0.1, 0.15) is 80.1 Å². The van der Waals surface area contributed by atoms with Gasteiger partial charge in [-0.2, -0.15) is 0 Å². The molecule has 0 spiro atoms. The first-order valence-corrected chi connectivity index (χ1v) is 20.9. The second-order valence-electron chi connectivity index (χ2n) is 14.3. The molecule has 0 radical (unpaired) electrons. The van der Waals surface area contributed by atoms with Crippen LogP contribution in [0.15, 0.2) is 0 Å². The number of nitrogens with two attached hydrogens (primary N) is 1. The lowest BCUT2D eigenvalue weighted by Gasteiger charge is -2.27. The molecule has 0 bridgehead atoms. The van der Waals surface area contributed by atoms with Gasteiger partial charge in [0.15, 0.2) is 0 Å². The monoisotopic (exact) mass is 853 g/mol. The molecule has 0 fully saturated rings. The highest BCUT2D eigenvalue weighted by molar-refractivity contribution is 7.14. The van der Waals surface area contributed by atoms with Gasteiger partial charge in [0.1, 0.15) is 30.2 Å². The largest absolute Gasteiger partial charge is 0.391 e. The minimum Gasteiger partial charge on any atom is -0.391 e. The lowest BCUT2D eigenvalue weighted by atomic mass is 9.92. The second kappa shape index (κ2) is 29.6. The molecule has 12 atom stereocenters. The fourth-order valence-electron chi connectivity index (χ4n) is 5.45. The zero-order chi connectivity index (χ0) is 43.0. The number of carbonyl (C=O) groups excluding carboxylic acids is 7. The Labute approximate surface area is 339 Å². The van der Waals surface area contributed by atoms with E-state index in [4.69, 9.17) is 5.73 Å². The summed E-state index contributed by atoms with van der Waals surface area (Å²) in [6.45, 7) is 11.8. The molecule has 0 aromatic heterocycles. The van der Waals surface area contributed by atoms with E-state index in [1.807, 2.05) is 27.7 Å². The maximum atomic E-state index is 13.5. The SMILES string of the molecule is CCC(C)C(C)C(=O)NC(CCNP)C(=O)NC(CCNP)C(=O)NC(C(=O)NCCC(NC)C(=O)NC(CCNP)C(=O)NC(CC(C)C)C(N)=O)C(C)O. The molecule has 0 aromatic carbocycles. The first-order valence-electron chi connectivity index (χ1n) is 19.1. The zero-order valence-electron chi connectivity index (χ0n) is 34.0. The van der Waals surface area contributed by atoms with Crippen LogP contribution in [-0.4, -0.2) is 122 Å². The third kappa shape index (κ3) is 20.7. The van der Waals surface area contributed by atoms with E-state index in [9.17, 15) is 38.7 Å². The maximum absolute atomic E-state index is 13.5. The molecule has 0 saturated carbocycles. The van der Waals surface area contributed by atoms with E-state index in [0.29, 0.717) is 19.5 Å².